The summed E-state index contributed by atoms with van der Waals surface area (Å²) in [4.78, 5) is 87.1. The Bertz CT molecular complexity index is 1850. The summed E-state index contributed by atoms with van der Waals surface area (Å²) in [7, 11) is 6.46. The third-order valence-electron chi connectivity index (χ3n) is 9.42. The van der Waals surface area contributed by atoms with E-state index in [1.54, 1.807) is 25.1 Å². The maximum atomic E-state index is 14.1. The topological polar surface area (TPSA) is 227 Å². The fraction of sp³-hybridized carbons (Fsp3) is 0.424. The van der Waals surface area contributed by atoms with Crippen LogP contribution in [-0.4, -0.2) is 104 Å². The molecule has 15 nitrogen and oxygen atoms in total. The molecule has 0 bridgehead atoms. The molecule has 272 valence electrons. The van der Waals surface area contributed by atoms with Crippen LogP contribution in [0.25, 0.3) is 0 Å². The van der Waals surface area contributed by atoms with E-state index in [1.165, 1.54) is 37.2 Å². The smallest absolute Gasteiger partial charge is 0.406 e. The molecule has 7 N–H and O–H groups in total. The van der Waals surface area contributed by atoms with Crippen LogP contribution in [0.3, 0.4) is 0 Å². The molecular weight excluding hydrogens is 679 g/mol. The van der Waals surface area contributed by atoms with Crippen LogP contribution in [0.5, 0.6) is 5.75 Å². The lowest BCUT2D eigenvalue weighted by Crippen LogP contribution is -2.74. The van der Waals surface area contributed by atoms with Gasteiger partial charge in [0, 0.05) is 42.6 Å². The van der Waals surface area contributed by atoms with Crippen molar-refractivity contribution in [1.29, 1.82) is 0 Å². The molecule has 0 aliphatic heterocycles. The number of nitrogens with zero attached hydrogens (tertiary/aromatic N) is 3. The molecule has 3 aliphatic rings. The van der Waals surface area contributed by atoms with Gasteiger partial charge in [-0.05, 0) is 74.8 Å². The lowest BCUT2D eigenvalue weighted by Gasteiger charge is -2.52. The number of aliphatic imine (C=N–C) groups is 1. The number of carbonyl (C=O) groups is 6. The van der Waals surface area contributed by atoms with Crippen molar-refractivity contribution < 1.29 is 51.8 Å². The molecule has 2 saturated carbocycles. The third-order valence-corrected chi connectivity index (χ3v) is 9.42. The molecule has 2 aromatic rings. The van der Waals surface area contributed by atoms with Gasteiger partial charge < -0.3 is 36.8 Å². The van der Waals surface area contributed by atoms with Crippen molar-refractivity contribution in [2.45, 2.75) is 30.8 Å². The van der Waals surface area contributed by atoms with Crippen LogP contribution in [0.15, 0.2) is 41.4 Å². The Balaban J connectivity index is 1.38. The molecule has 0 aromatic heterocycles. The number of primary amides is 1. The van der Waals surface area contributed by atoms with Crippen LogP contribution in [0, 0.1) is 23.7 Å². The average molecular weight is 716 g/mol. The predicted molar refractivity (Wildman–Crippen MR) is 176 cm³/mol. The van der Waals surface area contributed by atoms with Gasteiger partial charge in [-0.1, -0.05) is 0 Å². The van der Waals surface area contributed by atoms with Gasteiger partial charge in [0.1, 0.15) is 12.3 Å². The highest BCUT2D eigenvalue weighted by atomic mass is 19.4. The SMILES string of the molecule is CN(C)c1cc(NC(=O)CN=C(N)Nc2ccc(OC(F)(F)F)cc2)cc2c1CC1CC3[C@H](N(C)C)C(=O)C(C(N)=O)C(=O)[C@@]3(O)C(=O)C1C2=O. The number of ketones is 4. The monoisotopic (exact) mass is 715 g/mol. The Morgan fingerprint density at radius 3 is 2.22 bits per heavy atom. The van der Waals surface area contributed by atoms with Gasteiger partial charge in [-0.2, -0.15) is 0 Å². The van der Waals surface area contributed by atoms with Crippen LogP contribution in [-0.2, 0) is 30.4 Å². The summed E-state index contributed by atoms with van der Waals surface area (Å²) in [5, 5.41) is 17.0. The zero-order chi connectivity index (χ0) is 37.7. The van der Waals surface area contributed by atoms with Gasteiger partial charge in [0.25, 0.3) is 0 Å². The molecule has 4 unspecified atom stereocenters. The van der Waals surface area contributed by atoms with Crippen molar-refractivity contribution in [2.24, 2.45) is 40.1 Å². The van der Waals surface area contributed by atoms with E-state index in [9.17, 15) is 47.0 Å². The molecular formula is C33H36F3N7O8. The van der Waals surface area contributed by atoms with Gasteiger partial charge in [-0.15, -0.1) is 13.2 Å². The average Bonchev–Trinajstić information content (AvgIpc) is 3.02. The van der Waals surface area contributed by atoms with Crippen molar-refractivity contribution in [3.05, 3.63) is 47.5 Å². The normalized spacial score (nSPS) is 26.2. The third kappa shape index (κ3) is 6.88. The minimum Gasteiger partial charge on any atom is -0.406 e. The second-order valence-electron chi connectivity index (χ2n) is 13.2. The van der Waals surface area contributed by atoms with Crippen LogP contribution >= 0.6 is 0 Å². The highest BCUT2D eigenvalue weighted by Gasteiger charge is 2.69. The second-order valence-corrected chi connectivity index (χ2v) is 13.2. The number of guanidine groups is 1. The number of carbonyl (C=O) groups excluding carboxylic acids is 6. The molecule has 0 heterocycles. The number of hydrogen-bond donors (Lipinski definition) is 5. The maximum absolute atomic E-state index is 14.1. The predicted octanol–water partition coefficient (Wildman–Crippen LogP) is 0.491. The summed E-state index contributed by atoms with van der Waals surface area (Å²) >= 11 is 0. The molecule has 6 atom stereocenters. The first-order valence-electron chi connectivity index (χ1n) is 15.7. The second kappa shape index (κ2) is 13.4. The number of ether oxygens (including phenoxy) is 1. The van der Waals surface area contributed by atoms with Crippen molar-refractivity contribution in [3.8, 4) is 5.75 Å². The first-order chi connectivity index (χ1) is 23.7. The highest BCUT2D eigenvalue weighted by Crippen LogP contribution is 2.51. The van der Waals surface area contributed by atoms with Crippen LogP contribution in [0.1, 0.15) is 22.3 Å². The molecule has 2 amide bonds. The molecule has 0 saturated heterocycles. The first-order valence-corrected chi connectivity index (χ1v) is 15.7. The fourth-order valence-corrected chi connectivity index (χ4v) is 7.34. The van der Waals surface area contributed by atoms with Crippen LogP contribution < -0.4 is 31.7 Å². The first kappa shape index (κ1) is 36.9. The summed E-state index contributed by atoms with van der Waals surface area (Å²) < 4.78 is 41.0. The molecule has 51 heavy (non-hydrogen) atoms. The van der Waals surface area contributed by atoms with Gasteiger partial charge in [-0.25, -0.2) is 4.99 Å². The Morgan fingerprint density at radius 2 is 1.65 bits per heavy atom. The number of alkyl halides is 3. The number of likely N-dealkylation sites (N-methyl/N-ethyl adjacent to an activating group) is 1. The quantitative estimate of drug-likeness (QED) is 0.143. The number of halogens is 3. The fourth-order valence-electron chi connectivity index (χ4n) is 7.34. The summed E-state index contributed by atoms with van der Waals surface area (Å²) in [6.07, 6.45) is -4.73. The zero-order valence-electron chi connectivity index (χ0n) is 27.9. The molecule has 0 radical (unpaired) electrons. The van der Waals surface area contributed by atoms with Crippen molar-refractivity contribution in [2.75, 3.05) is 50.3 Å². The number of anilines is 3. The van der Waals surface area contributed by atoms with Crippen molar-refractivity contribution in [1.82, 2.24) is 4.90 Å². The standard InChI is InChI=1S/C33H36F3N7O8/c1-42(2)21-12-16(40-22(44)13-39-31(38)41-15-5-7-17(8-6-15)51-33(34,35)36)11-19-18(21)9-14-10-20-25(43(3)4)27(46)24(30(37)49)29(48)32(20,50)28(47)23(14)26(19)45/h5-8,11-12,14,20,23-25,50H,9-10,13H2,1-4H3,(H2,37,49)(H,40,44)(H3,38,39,41)/t14?,20?,23?,24?,25-,32-/m0/s1. The van der Waals surface area contributed by atoms with E-state index in [-0.39, 0.29) is 35.7 Å². The number of nitrogens with two attached hydrogens (primary N) is 2. The summed E-state index contributed by atoms with van der Waals surface area (Å²) in [5.41, 5.74) is 10.0. The number of amides is 2. The van der Waals surface area contributed by atoms with E-state index in [2.05, 4.69) is 20.4 Å². The number of nitrogens with one attached hydrogen (secondary N) is 2. The summed E-state index contributed by atoms with van der Waals surface area (Å²) in [6, 6.07) is 6.44. The van der Waals surface area contributed by atoms with Crippen LogP contribution in [0.2, 0.25) is 0 Å². The molecule has 2 fully saturated rings. The zero-order valence-corrected chi connectivity index (χ0v) is 27.9. The van der Waals surface area contributed by atoms with Gasteiger partial charge >= 0.3 is 6.36 Å². The van der Waals surface area contributed by atoms with E-state index in [0.717, 1.165) is 12.1 Å². The Hall–Kier alpha value is -5.36. The number of rotatable bonds is 8. The largest absolute Gasteiger partial charge is 0.573 e. The minimum absolute atomic E-state index is 0.0474. The number of fused-ring (bicyclic) bond motifs is 3. The minimum atomic E-state index is -4.85. The van der Waals surface area contributed by atoms with E-state index in [0.29, 0.717) is 11.3 Å². The number of hydrogen-bond acceptors (Lipinski definition) is 11. The Kier molecular flexibility index (Phi) is 9.70. The molecule has 2 aromatic carbocycles. The molecule has 5 rings (SSSR count). The van der Waals surface area contributed by atoms with Gasteiger partial charge in [-0.3, -0.25) is 33.7 Å². The van der Waals surface area contributed by atoms with Crippen molar-refractivity contribution in [3.63, 3.8) is 0 Å². The van der Waals surface area contributed by atoms with Gasteiger partial charge in [0.15, 0.2) is 40.6 Å². The number of aliphatic hydroxyl groups is 1. The number of benzene rings is 2. The lowest BCUT2D eigenvalue weighted by molar-refractivity contribution is -0.274. The molecule has 3 aliphatic carbocycles. The molecule has 0 spiro atoms. The van der Waals surface area contributed by atoms with Gasteiger partial charge in [0.2, 0.25) is 11.8 Å². The van der Waals surface area contributed by atoms with E-state index in [4.69, 9.17) is 11.5 Å². The molecule has 18 heteroatoms. The highest BCUT2D eigenvalue weighted by molar-refractivity contribution is 6.32. The summed E-state index contributed by atoms with van der Waals surface area (Å²) in [6.45, 7) is -0.497. The van der Waals surface area contributed by atoms with E-state index < -0.39 is 88.9 Å². The Morgan fingerprint density at radius 1 is 1.00 bits per heavy atom. The lowest BCUT2D eigenvalue weighted by atomic mass is 9.52. The van der Waals surface area contributed by atoms with Crippen molar-refractivity contribution >= 4 is 58.0 Å². The maximum Gasteiger partial charge on any atom is 0.573 e. The van der Waals surface area contributed by atoms with Gasteiger partial charge in [0.05, 0.1) is 12.0 Å². The Labute approximate surface area is 289 Å². The van der Waals surface area contributed by atoms with E-state index in [1.807, 2.05) is 0 Å². The van der Waals surface area contributed by atoms with Crippen LogP contribution in [0.4, 0.5) is 30.2 Å². The number of Topliss-reactive ketones (excluding diaryl/α,β-unsaturated/α-hetero) is 4. The summed E-state index contributed by atoms with van der Waals surface area (Å²) in [5.74, 6) is -12.0. The van der Waals surface area contributed by atoms with E-state index >= 15 is 0 Å².